The van der Waals surface area contributed by atoms with Crippen LogP contribution < -0.4 is 8.69 Å². The first kappa shape index (κ1) is 13.0. The Morgan fingerprint density at radius 1 is 1.10 bits per heavy atom. The fourth-order valence-electron chi connectivity index (χ4n) is 2.12. The molecule has 0 bridgehead atoms. The molecule has 0 aliphatic heterocycles. The van der Waals surface area contributed by atoms with Crippen LogP contribution in [-0.2, 0) is 0 Å². The molecule has 3 aromatic rings. The Bertz CT molecular complexity index is 824. The minimum atomic E-state index is -0.489. The first-order valence-electron chi connectivity index (χ1n) is 5.84. The van der Waals surface area contributed by atoms with Crippen LogP contribution in [0, 0.1) is 0 Å². The predicted octanol–water partition coefficient (Wildman–Crippen LogP) is 3.89. The Morgan fingerprint density at radius 2 is 1.85 bits per heavy atom. The lowest BCUT2D eigenvalue weighted by Gasteiger charge is -2.08. The molecule has 2 aromatic carbocycles. The quantitative estimate of drug-likeness (QED) is 0.541. The smallest absolute Gasteiger partial charge is 0.336 e. The molecule has 1 aromatic heterocycles. The highest BCUT2D eigenvalue weighted by Crippen LogP contribution is 2.38. The summed E-state index contributed by atoms with van der Waals surface area (Å²) in [5, 5.41) is 10.5. The van der Waals surface area contributed by atoms with Gasteiger partial charge in [-0.1, -0.05) is 30.3 Å². The summed E-state index contributed by atoms with van der Waals surface area (Å²) in [7, 11) is 0. The predicted molar refractivity (Wildman–Crippen MR) is 84.2 cm³/mol. The summed E-state index contributed by atoms with van der Waals surface area (Å²) in [4.78, 5) is 11.8. The summed E-state index contributed by atoms with van der Waals surface area (Å²) in [6.07, 6.45) is 0. The van der Waals surface area contributed by atoms with E-state index in [0.717, 1.165) is 11.1 Å². The third kappa shape index (κ3) is 2.14. The number of fused-ring (bicyclic) bond motifs is 1. The number of aromatic hydroxyl groups is 1. The van der Waals surface area contributed by atoms with Crippen molar-refractivity contribution >= 4 is 34.0 Å². The summed E-state index contributed by atoms with van der Waals surface area (Å²) in [5.74, 6) is 0.0817. The van der Waals surface area contributed by atoms with Gasteiger partial charge in [0.1, 0.15) is 0 Å². The van der Waals surface area contributed by atoms with E-state index in [4.69, 9.17) is 7.48 Å². The van der Waals surface area contributed by atoms with Gasteiger partial charge in [-0.15, -0.1) is 0 Å². The highest BCUT2D eigenvalue weighted by atomic mass is 127. The highest BCUT2D eigenvalue weighted by Gasteiger charge is 2.15. The first-order chi connectivity index (χ1) is 9.70. The average molecular weight is 380 g/mol. The molecule has 0 spiro atoms. The summed E-state index contributed by atoms with van der Waals surface area (Å²) in [6.45, 7) is 0. The van der Waals surface area contributed by atoms with Crippen molar-refractivity contribution in [2.75, 3.05) is 0 Å². The minimum absolute atomic E-state index is 0.0692. The van der Waals surface area contributed by atoms with Crippen molar-refractivity contribution in [3.63, 3.8) is 0 Å². The highest BCUT2D eigenvalue weighted by molar-refractivity contribution is 14.1. The molecule has 0 fully saturated rings. The number of phenols is 1. The Morgan fingerprint density at radius 3 is 2.55 bits per heavy atom. The van der Waals surface area contributed by atoms with E-state index in [1.54, 1.807) is 29.1 Å². The van der Waals surface area contributed by atoms with Gasteiger partial charge in [-0.2, -0.15) is 0 Å². The molecule has 0 radical (unpaired) electrons. The van der Waals surface area contributed by atoms with Crippen molar-refractivity contribution < 1.29 is 12.6 Å². The third-order valence-electron chi connectivity index (χ3n) is 3.01. The summed E-state index contributed by atoms with van der Waals surface area (Å²) < 4.78 is 10.3. The molecule has 4 nitrogen and oxygen atoms in total. The van der Waals surface area contributed by atoms with Crippen LogP contribution in [0.15, 0.2) is 57.7 Å². The minimum Gasteiger partial charge on any atom is -0.504 e. The number of rotatable bonds is 2. The van der Waals surface area contributed by atoms with E-state index in [2.05, 4.69) is 0 Å². The van der Waals surface area contributed by atoms with Crippen LogP contribution in [0.2, 0.25) is 0 Å². The molecule has 20 heavy (non-hydrogen) atoms. The molecule has 0 amide bonds. The molecule has 0 saturated carbocycles. The van der Waals surface area contributed by atoms with Gasteiger partial charge in [-0.05, 0) is 23.3 Å². The molecule has 1 N–H and O–H groups in total. The Labute approximate surface area is 128 Å². The molecule has 0 atom stereocenters. The lowest BCUT2D eigenvalue weighted by molar-refractivity contribution is 0.452. The van der Waals surface area contributed by atoms with Crippen molar-refractivity contribution in [3.05, 3.63) is 59.0 Å². The van der Waals surface area contributed by atoms with Gasteiger partial charge in [0.05, 0.1) is 0 Å². The molecule has 0 aliphatic carbocycles. The first-order valence-corrected chi connectivity index (χ1v) is 6.72. The fraction of sp³-hybridized carbons (Fsp3) is 0. The van der Waals surface area contributed by atoms with E-state index in [1.165, 1.54) is 12.1 Å². The summed E-state index contributed by atoms with van der Waals surface area (Å²) in [6, 6.07) is 14.2. The maximum Gasteiger partial charge on any atom is 0.336 e. The average Bonchev–Trinajstić information content (AvgIpc) is 2.47. The second kappa shape index (κ2) is 5.16. The lowest BCUT2D eigenvalue weighted by Crippen LogP contribution is -1.98. The normalized spacial score (nSPS) is 10.7. The van der Waals surface area contributed by atoms with E-state index in [-0.39, 0.29) is 17.1 Å². The Balaban J connectivity index is 2.42. The monoisotopic (exact) mass is 380 g/mol. The molecule has 0 unspecified atom stereocenters. The van der Waals surface area contributed by atoms with Gasteiger partial charge in [-0.25, -0.2) is 4.79 Å². The van der Waals surface area contributed by atoms with Crippen LogP contribution in [0.3, 0.4) is 0 Å². The van der Waals surface area contributed by atoms with Gasteiger partial charge in [0.25, 0.3) is 0 Å². The van der Waals surface area contributed by atoms with Crippen LogP contribution in [0.5, 0.6) is 11.5 Å². The van der Waals surface area contributed by atoms with Gasteiger partial charge in [0, 0.05) is 11.5 Å². The number of halogens is 1. The van der Waals surface area contributed by atoms with E-state index < -0.39 is 5.63 Å². The van der Waals surface area contributed by atoms with Gasteiger partial charge >= 0.3 is 5.63 Å². The molecule has 5 heteroatoms. The van der Waals surface area contributed by atoms with Gasteiger partial charge in [-0.3, -0.25) is 0 Å². The van der Waals surface area contributed by atoms with Crippen molar-refractivity contribution in [1.29, 1.82) is 0 Å². The number of benzene rings is 2. The maximum absolute atomic E-state index is 11.8. The van der Waals surface area contributed by atoms with Crippen LogP contribution in [-0.4, -0.2) is 5.11 Å². The Kier molecular flexibility index (Phi) is 3.35. The van der Waals surface area contributed by atoms with E-state index in [1.807, 2.05) is 30.3 Å². The van der Waals surface area contributed by atoms with Crippen LogP contribution in [0.4, 0.5) is 0 Å². The maximum atomic E-state index is 11.8. The molecule has 3 rings (SSSR count). The van der Waals surface area contributed by atoms with Crippen molar-refractivity contribution in [2.45, 2.75) is 0 Å². The second-order valence-electron chi connectivity index (χ2n) is 4.21. The zero-order valence-corrected chi connectivity index (χ0v) is 12.3. The van der Waals surface area contributed by atoms with Crippen molar-refractivity contribution in [2.24, 2.45) is 0 Å². The van der Waals surface area contributed by atoms with Crippen LogP contribution >= 0.6 is 23.0 Å². The SMILES string of the molecule is O=c1cc(-c2ccccc2)c2ccc(O)c(OI)c2o1. The zero-order chi connectivity index (χ0) is 14.1. The van der Waals surface area contributed by atoms with Gasteiger partial charge in [0.2, 0.25) is 5.75 Å². The van der Waals surface area contributed by atoms with Crippen molar-refractivity contribution in [1.82, 2.24) is 0 Å². The molecule has 0 saturated heterocycles. The van der Waals surface area contributed by atoms with Gasteiger partial charge in [0.15, 0.2) is 34.3 Å². The zero-order valence-electron chi connectivity index (χ0n) is 10.2. The van der Waals surface area contributed by atoms with Crippen molar-refractivity contribution in [3.8, 4) is 22.6 Å². The van der Waals surface area contributed by atoms with E-state index in [9.17, 15) is 9.90 Å². The number of hydrogen-bond acceptors (Lipinski definition) is 4. The molecular weight excluding hydrogens is 371 g/mol. The fourth-order valence-corrected chi connectivity index (χ4v) is 2.55. The molecule has 0 aliphatic rings. The largest absolute Gasteiger partial charge is 0.504 e. The summed E-state index contributed by atoms with van der Waals surface area (Å²) in [5.41, 5.74) is 1.39. The standard InChI is InChI=1S/C15H9IO4/c16-20-15-12(17)7-6-10-11(8-13(18)19-14(10)15)9-4-2-1-3-5-9/h1-8,17H. The van der Waals surface area contributed by atoms with Crippen LogP contribution in [0.1, 0.15) is 0 Å². The van der Waals surface area contributed by atoms with Crippen LogP contribution in [0.25, 0.3) is 22.1 Å². The molecule has 1 heterocycles. The molecule has 100 valence electrons. The van der Waals surface area contributed by atoms with E-state index >= 15 is 0 Å². The number of hydrogen-bond donors (Lipinski definition) is 1. The third-order valence-corrected chi connectivity index (χ3v) is 3.45. The van der Waals surface area contributed by atoms with E-state index in [0.29, 0.717) is 5.39 Å². The topological polar surface area (TPSA) is 59.7 Å². The number of phenolic OH excluding ortho intramolecular Hbond substituents is 1. The molecular formula is C15H9IO4. The summed E-state index contributed by atoms with van der Waals surface area (Å²) >= 11 is 1.64. The van der Waals surface area contributed by atoms with Gasteiger partial charge < -0.3 is 12.6 Å². The Hall–Kier alpha value is -2.02. The lowest BCUT2D eigenvalue weighted by atomic mass is 10.0. The second-order valence-corrected chi connectivity index (χ2v) is 4.65.